The number of rotatable bonds is 3. The molecule has 6 heteroatoms. The van der Waals surface area contributed by atoms with E-state index in [1.807, 2.05) is 0 Å². The lowest BCUT2D eigenvalue weighted by atomic mass is 10.4. The number of hydrogen-bond donors (Lipinski definition) is 1. The SMILES string of the molecule is CC(CN)S(=O)(=O)c1ccc(Cl)c(Cl)c1. The van der Waals surface area contributed by atoms with E-state index in [1.54, 1.807) is 6.92 Å². The van der Waals surface area contributed by atoms with Gasteiger partial charge in [-0.05, 0) is 25.1 Å². The maximum absolute atomic E-state index is 11.8. The second-order valence-corrected chi connectivity index (χ2v) is 6.35. The van der Waals surface area contributed by atoms with Gasteiger partial charge in [-0.25, -0.2) is 8.42 Å². The van der Waals surface area contributed by atoms with Crippen LogP contribution in [0, 0.1) is 0 Å². The van der Waals surface area contributed by atoms with Crippen molar-refractivity contribution in [3.05, 3.63) is 28.2 Å². The second-order valence-electron chi connectivity index (χ2n) is 3.17. The quantitative estimate of drug-likeness (QED) is 0.913. The van der Waals surface area contributed by atoms with Crippen LogP contribution in [0.15, 0.2) is 23.1 Å². The van der Waals surface area contributed by atoms with Crippen molar-refractivity contribution in [3.63, 3.8) is 0 Å². The van der Waals surface area contributed by atoms with Crippen molar-refractivity contribution in [2.75, 3.05) is 6.54 Å². The first kappa shape index (κ1) is 12.8. The molecule has 0 saturated heterocycles. The van der Waals surface area contributed by atoms with Gasteiger partial charge in [-0.15, -0.1) is 0 Å². The van der Waals surface area contributed by atoms with Gasteiger partial charge in [-0.3, -0.25) is 0 Å². The van der Waals surface area contributed by atoms with Crippen LogP contribution >= 0.6 is 23.2 Å². The predicted octanol–water partition coefficient (Wildman–Crippen LogP) is 2.11. The van der Waals surface area contributed by atoms with Gasteiger partial charge in [0.25, 0.3) is 0 Å². The van der Waals surface area contributed by atoms with Crippen LogP contribution in [0.25, 0.3) is 0 Å². The summed E-state index contributed by atoms with van der Waals surface area (Å²) in [6, 6.07) is 4.22. The number of sulfone groups is 1. The molecule has 0 spiro atoms. The molecule has 15 heavy (non-hydrogen) atoms. The Morgan fingerprint density at radius 2 is 1.93 bits per heavy atom. The number of nitrogens with two attached hydrogens (primary N) is 1. The van der Waals surface area contributed by atoms with Crippen LogP contribution in [0.5, 0.6) is 0 Å². The zero-order chi connectivity index (χ0) is 11.6. The van der Waals surface area contributed by atoms with Gasteiger partial charge >= 0.3 is 0 Å². The molecule has 1 aromatic rings. The average molecular weight is 268 g/mol. The maximum atomic E-state index is 11.8. The first-order chi connectivity index (χ1) is 6.89. The van der Waals surface area contributed by atoms with E-state index in [2.05, 4.69) is 0 Å². The fourth-order valence-corrected chi connectivity index (χ4v) is 2.63. The first-order valence-corrected chi connectivity index (χ1v) is 6.59. The summed E-state index contributed by atoms with van der Waals surface area (Å²) in [5.74, 6) is 0. The summed E-state index contributed by atoms with van der Waals surface area (Å²) >= 11 is 11.4. The molecule has 1 atom stereocenters. The highest BCUT2D eigenvalue weighted by Gasteiger charge is 2.22. The zero-order valence-corrected chi connectivity index (χ0v) is 10.4. The molecule has 0 heterocycles. The topological polar surface area (TPSA) is 60.2 Å². The Kier molecular flexibility index (Phi) is 4.00. The molecule has 0 saturated carbocycles. The van der Waals surface area contributed by atoms with E-state index in [-0.39, 0.29) is 16.5 Å². The van der Waals surface area contributed by atoms with Crippen molar-refractivity contribution >= 4 is 33.0 Å². The molecule has 0 aliphatic rings. The monoisotopic (exact) mass is 267 g/mol. The van der Waals surface area contributed by atoms with Crippen LogP contribution < -0.4 is 5.73 Å². The normalized spacial score (nSPS) is 13.9. The van der Waals surface area contributed by atoms with Crippen molar-refractivity contribution in [2.24, 2.45) is 5.73 Å². The highest BCUT2D eigenvalue weighted by atomic mass is 35.5. The standard InChI is InChI=1S/C9H11Cl2NO2S/c1-6(5-12)15(13,14)7-2-3-8(10)9(11)4-7/h2-4,6H,5,12H2,1H3. The van der Waals surface area contributed by atoms with Gasteiger partial charge in [-0.1, -0.05) is 23.2 Å². The largest absolute Gasteiger partial charge is 0.329 e. The zero-order valence-electron chi connectivity index (χ0n) is 8.07. The number of benzene rings is 1. The molecule has 1 unspecified atom stereocenters. The molecule has 0 bridgehead atoms. The molecule has 0 fully saturated rings. The molecule has 0 aliphatic heterocycles. The lowest BCUT2D eigenvalue weighted by molar-refractivity contribution is 0.584. The van der Waals surface area contributed by atoms with Crippen molar-refractivity contribution in [2.45, 2.75) is 17.1 Å². The number of halogens is 2. The lowest BCUT2D eigenvalue weighted by Crippen LogP contribution is -2.26. The Balaban J connectivity index is 3.23. The molecule has 0 radical (unpaired) electrons. The van der Waals surface area contributed by atoms with Gasteiger partial charge in [0.05, 0.1) is 20.2 Å². The molecule has 0 aliphatic carbocycles. The molecule has 3 nitrogen and oxygen atoms in total. The first-order valence-electron chi connectivity index (χ1n) is 4.28. The third-order valence-corrected chi connectivity index (χ3v) is 4.98. The highest BCUT2D eigenvalue weighted by molar-refractivity contribution is 7.92. The van der Waals surface area contributed by atoms with Crippen LogP contribution in [-0.2, 0) is 9.84 Å². The number of hydrogen-bond acceptors (Lipinski definition) is 3. The third-order valence-electron chi connectivity index (χ3n) is 2.08. The van der Waals surface area contributed by atoms with Gasteiger partial charge in [0.15, 0.2) is 9.84 Å². The average Bonchev–Trinajstić information content (AvgIpc) is 2.20. The smallest absolute Gasteiger partial charge is 0.182 e. The van der Waals surface area contributed by atoms with E-state index in [1.165, 1.54) is 18.2 Å². The minimum Gasteiger partial charge on any atom is -0.329 e. The Morgan fingerprint density at radius 1 is 1.33 bits per heavy atom. The van der Waals surface area contributed by atoms with Crippen molar-refractivity contribution < 1.29 is 8.42 Å². The van der Waals surface area contributed by atoms with Crippen molar-refractivity contribution in [1.82, 2.24) is 0 Å². The van der Waals surface area contributed by atoms with Crippen LogP contribution in [0.1, 0.15) is 6.92 Å². The Bertz CT molecular complexity index is 459. The molecule has 0 aromatic heterocycles. The van der Waals surface area contributed by atoms with Gasteiger partial charge in [0.1, 0.15) is 0 Å². The van der Waals surface area contributed by atoms with Gasteiger partial charge in [0, 0.05) is 6.54 Å². The van der Waals surface area contributed by atoms with E-state index < -0.39 is 15.1 Å². The molecule has 1 aromatic carbocycles. The maximum Gasteiger partial charge on any atom is 0.182 e. The summed E-state index contributed by atoms with van der Waals surface area (Å²) in [5, 5.41) is -0.0762. The third kappa shape index (κ3) is 2.64. The summed E-state index contributed by atoms with van der Waals surface area (Å²) in [6.07, 6.45) is 0. The Labute approximate surface area is 99.1 Å². The fourth-order valence-electron chi connectivity index (χ4n) is 1.01. The lowest BCUT2D eigenvalue weighted by Gasteiger charge is -2.10. The molecular weight excluding hydrogens is 257 g/mol. The molecule has 84 valence electrons. The second kappa shape index (κ2) is 4.70. The van der Waals surface area contributed by atoms with Gasteiger partial charge < -0.3 is 5.73 Å². The van der Waals surface area contributed by atoms with E-state index in [9.17, 15) is 8.42 Å². The minimum absolute atomic E-state index is 0.0720. The van der Waals surface area contributed by atoms with Crippen LogP contribution in [-0.4, -0.2) is 20.2 Å². The van der Waals surface area contributed by atoms with Crippen LogP contribution in [0.2, 0.25) is 10.0 Å². The molecular formula is C9H11Cl2NO2S. The Morgan fingerprint density at radius 3 is 2.40 bits per heavy atom. The predicted molar refractivity (Wildman–Crippen MR) is 62.2 cm³/mol. The van der Waals surface area contributed by atoms with Gasteiger partial charge in [-0.2, -0.15) is 0 Å². The van der Waals surface area contributed by atoms with Crippen molar-refractivity contribution in [3.8, 4) is 0 Å². The van der Waals surface area contributed by atoms with E-state index >= 15 is 0 Å². The molecule has 2 N–H and O–H groups in total. The van der Waals surface area contributed by atoms with Crippen LogP contribution in [0.3, 0.4) is 0 Å². The fraction of sp³-hybridized carbons (Fsp3) is 0.333. The molecule has 1 rings (SSSR count). The highest BCUT2D eigenvalue weighted by Crippen LogP contribution is 2.26. The summed E-state index contributed by atoms with van der Waals surface area (Å²) in [5.41, 5.74) is 5.33. The summed E-state index contributed by atoms with van der Waals surface area (Å²) in [4.78, 5) is 0.148. The van der Waals surface area contributed by atoms with Crippen molar-refractivity contribution in [1.29, 1.82) is 0 Å². The summed E-state index contributed by atoms with van der Waals surface area (Å²) in [6.45, 7) is 1.63. The van der Waals surface area contributed by atoms with Gasteiger partial charge in [0.2, 0.25) is 0 Å². The summed E-state index contributed by atoms with van der Waals surface area (Å²) in [7, 11) is -3.40. The summed E-state index contributed by atoms with van der Waals surface area (Å²) < 4.78 is 23.7. The van der Waals surface area contributed by atoms with E-state index in [4.69, 9.17) is 28.9 Å². The minimum atomic E-state index is -3.40. The van der Waals surface area contributed by atoms with E-state index in [0.29, 0.717) is 5.02 Å². The van der Waals surface area contributed by atoms with E-state index in [0.717, 1.165) is 0 Å². The van der Waals surface area contributed by atoms with Crippen LogP contribution in [0.4, 0.5) is 0 Å². The Hall–Kier alpha value is -0.290. The molecule has 0 amide bonds.